The first kappa shape index (κ1) is 14.6. The first-order chi connectivity index (χ1) is 9.08. The number of nitrogens with zero attached hydrogens (tertiary/aromatic N) is 2. The smallest absolute Gasteiger partial charge is 0.120 e. The number of likely N-dealkylation sites (tertiary alicyclic amines) is 1. The zero-order chi connectivity index (χ0) is 13.8. The average Bonchev–Trinajstić information content (AvgIpc) is 2.72. The zero-order valence-corrected chi connectivity index (χ0v) is 12.5. The highest BCUT2D eigenvalue weighted by atomic mass is 16.3. The molecule has 1 aliphatic rings. The van der Waals surface area contributed by atoms with Gasteiger partial charge in [0.05, 0.1) is 13.1 Å². The fourth-order valence-corrected chi connectivity index (χ4v) is 2.89. The summed E-state index contributed by atoms with van der Waals surface area (Å²) < 4.78 is 5.77. The molecule has 0 aliphatic carbocycles. The Bertz CT molecular complexity index is 394. The van der Waals surface area contributed by atoms with E-state index in [1.807, 2.05) is 0 Å². The van der Waals surface area contributed by atoms with E-state index in [2.05, 4.69) is 36.9 Å². The Kier molecular flexibility index (Phi) is 5.02. The van der Waals surface area contributed by atoms with Gasteiger partial charge < -0.3 is 15.1 Å². The summed E-state index contributed by atoms with van der Waals surface area (Å²) in [4.78, 5) is 4.79. The van der Waals surface area contributed by atoms with E-state index < -0.39 is 0 Å². The summed E-state index contributed by atoms with van der Waals surface area (Å²) in [5.41, 5.74) is 6.82. The minimum Gasteiger partial charge on any atom is -0.463 e. The first-order valence-electron chi connectivity index (χ1n) is 7.24. The van der Waals surface area contributed by atoms with Crippen LogP contribution in [0.1, 0.15) is 29.9 Å². The second-order valence-electron chi connectivity index (χ2n) is 5.97. The Hall–Kier alpha value is -0.840. The lowest BCUT2D eigenvalue weighted by Gasteiger charge is -2.31. The van der Waals surface area contributed by atoms with Crippen molar-refractivity contribution in [1.29, 1.82) is 0 Å². The number of hydrogen-bond acceptors (Lipinski definition) is 4. The summed E-state index contributed by atoms with van der Waals surface area (Å²) in [6.45, 7) is 7.06. The summed E-state index contributed by atoms with van der Waals surface area (Å²) in [5.74, 6) is 2.78. The fraction of sp³-hybridized carbons (Fsp3) is 0.733. The van der Waals surface area contributed by atoms with E-state index in [0.717, 1.165) is 30.5 Å². The molecule has 1 aromatic heterocycles. The molecule has 0 bridgehead atoms. The maximum Gasteiger partial charge on any atom is 0.120 e. The number of aryl methyl sites for hydroxylation is 1. The number of furan rings is 1. The van der Waals surface area contributed by atoms with E-state index in [0.29, 0.717) is 6.54 Å². The molecular weight excluding hydrogens is 238 g/mol. The molecule has 1 fully saturated rings. The molecule has 0 atom stereocenters. The van der Waals surface area contributed by atoms with Crippen molar-refractivity contribution in [3.8, 4) is 0 Å². The predicted molar refractivity (Wildman–Crippen MR) is 77.9 cm³/mol. The number of hydrogen-bond donors (Lipinski definition) is 1. The van der Waals surface area contributed by atoms with Crippen LogP contribution in [0.25, 0.3) is 0 Å². The van der Waals surface area contributed by atoms with E-state index in [1.54, 1.807) is 0 Å². The molecule has 19 heavy (non-hydrogen) atoms. The van der Waals surface area contributed by atoms with Crippen LogP contribution in [0.5, 0.6) is 0 Å². The molecule has 0 unspecified atom stereocenters. The quantitative estimate of drug-likeness (QED) is 0.882. The highest BCUT2D eigenvalue weighted by Gasteiger charge is 2.18. The number of piperidine rings is 1. The Morgan fingerprint density at radius 3 is 2.68 bits per heavy atom. The maximum atomic E-state index is 5.77. The number of nitrogens with two attached hydrogens (primary N) is 1. The Labute approximate surface area is 116 Å². The fourth-order valence-electron chi connectivity index (χ4n) is 2.89. The average molecular weight is 265 g/mol. The summed E-state index contributed by atoms with van der Waals surface area (Å²) >= 11 is 0. The lowest BCUT2D eigenvalue weighted by atomic mass is 9.97. The third-order valence-corrected chi connectivity index (χ3v) is 4.09. The molecule has 0 aromatic carbocycles. The summed E-state index contributed by atoms with van der Waals surface area (Å²) in [6, 6.07) is 2.12. The highest BCUT2D eigenvalue weighted by molar-refractivity contribution is 5.19. The van der Waals surface area contributed by atoms with Crippen molar-refractivity contribution in [2.24, 2.45) is 11.7 Å². The van der Waals surface area contributed by atoms with Crippen LogP contribution >= 0.6 is 0 Å². The van der Waals surface area contributed by atoms with E-state index in [4.69, 9.17) is 10.2 Å². The standard InChI is InChI=1S/C15H27N3O/c1-12-8-14(19-15(12)9-16)11-18(3)10-13-4-6-17(2)7-5-13/h8,13H,4-7,9-11,16H2,1-3H3. The lowest BCUT2D eigenvalue weighted by Crippen LogP contribution is -2.35. The van der Waals surface area contributed by atoms with Gasteiger partial charge >= 0.3 is 0 Å². The first-order valence-corrected chi connectivity index (χ1v) is 7.24. The third-order valence-electron chi connectivity index (χ3n) is 4.09. The van der Waals surface area contributed by atoms with Crippen LogP contribution in [0.2, 0.25) is 0 Å². The summed E-state index contributed by atoms with van der Waals surface area (Å²) in [5, 5.41) is 0. The number of rotatable bonds is 5. The zero-order valence-electron chi connectivity index (χ0n) is 12.5. The molecule has 0 radical (unpaired) electrons. The Balaban J connectivity index is 1.81. The van der Waals surface area contributed by atoms with Gasteiger partial charge in [0, 0.05) is 6.54 Å². The third kappa shape index (κ3) is 4.06. The van der Waals surface area contributed by atoms with Gasteiger partial charge in [0.2, 0.25) is 0 Å². The summed E-state index contributed by atoms with van der Waals surface area (Å²) in [6.07, 6.45) is 2.62. The second kappa shape index (κ2) is 6.55. The molecular formula is C15H27N3O. The van der Waals surface area contributed by atoms with Gasteiger partial charge in [0.1, 0.15) is 11.5 Å². The van der Waals surface area contributed by atoms with Crippen molar-refractivity contribution in [3.63, 3.8) is 0 Å². The van der Waals surface area contributed by atoms with Crippen molar-refractivity contribution in [3.05, 3.63) is 23.2 Å². The molecule has 2 heterocycles. The predicted octanol–water partition coefficient (Wildman–Crippen LogP) is 1.82. The SMILES string of the molecule is Cc1cc(CN(C)CC2CCN(C)CC2)oc1CN. The van der Waals surface area contributed by atoms with Crippen LogP contribution < -0.4 is 5.73 Å². The Morgan fingerprint density at radius 2 is 2.11 bits per heavy atom. The maximum absolute atomic E-state index is 5.77. The minimum atomic E-state index is 0.491. The highest BCUT2D eigenvalue weighted by Crippen LogP contribution is 2.19. The van der Waals surface area contributed by atoms with Gasteiger partial charge in [-0.3, -0.25) is 4.90 Å². The van der Waals surface area contributed by atoms with Gasteiger partial charge in [-0.05, 0) is 64.5 Å². The van der Waals surface area contributed by atoms with E-state index in [9.17, 15) is 0 Å². The van der Waals surface area contributed by atoms with E-state index >= 15 is 0 Å². The summed E-state index contributed by atoms with van der Waals surface area (Å²) in [7, 11) is 4.39. The van der Waals surface area contributed by atoms with Crippen LogP contribution in [-0.2, 0) is 13.1 Å². The molecule has 2 N–H and O–H groups in total. The van der Waals surface area contributed by atoms with E-state index in [-0.39, 0.29) is 0 Å². The van der Waals surface area contributed by atoms with Gasteiger partial charge in [0.25, 0.3) is 0 Å². The molecule has 2 rings (SSSR count). The molecule has 0 spiro atoms. The van der Waals surface area contributed by atoms with Crippen molar-refractivity contribution < 1.29 is 4.42 Å². The van der Waals surface area contributed by atoms with Crippen LogP contribution in [-0.4, -0.2) is 43.5 Å². The molecule has 0 amide bonds. The van der Waals surface area contributed by atoms with Crippen molar-refractivity contribution in [2.75, 3.05) is 33.7 Å². The van der Waals surface area contributed by atoms with Gasteiger partial charge in [0.15, 0.2) is 0 Å². The van der Waals surface area contributed by atoms with E-state index in [1.165, 1.54) is 31.5 Å². The van der Waals surface area contributed by atoms with Crippen LogP contribution in [0.4, 0.5) is 0 Å². The molecule has 1 aromatic rings. The van der Waals surface area contributed by atoms with Gasteiger partial charge in [-0.1, -0.05) is 0 Å². The molecule has 0 saturated carbocycles. The Morgan fingerprint density at radius 1 is 1.42 bits per heavy atom. The minimum absolute atomic E-state index is 0.491. The van der Waals surface area contributed by atoms with Crippen molar-refractivity contribution >= 4 is 0 Å². The largest absolute Gasteiger partial charge is 0.463 e. The van der Waals surface area contributed by atoms with Crippen LogP contribution in [0, 0.1) is 12.8 Å². The molecule has 1 saturated heterocycles. The van der Waals surface area contributed by atoms with Crippen LogP contribution in [0.3, 0.4) is 0 Å². The normalized spacial score (nSPS) is 18.4. The van der Waals surface area contributed by atoms with Crippen LogP contribution in [0.15, 0.2) is 10.5 Å². The molecule has 4 nitrogen and oxygen atoms in total. The monoisotopic (exact) mass is 265 g/mol. The van der Waals surface area contributed by atoms with Gasteiger partial charge in [-0.2, -0.15) is 0 Å². The topological polar surface area (TPSA) is 45.6 Å². The molecule has 1 aliphatic heterocycles. The van der Waals surface area contributed by atoms with Gasteiger partial charge in [-0.15, -0.1) is 0 Å². The van der Waals surface area contributed by atoms with Crippen molar-refractivity contribution in [2.45, 2.75) is 32.9 Å². The molecule has 4 heteroatoms. The molecule has 108 valence electrons. The van der Waals surface area contributed by atoms with Gasteiger partial charge in [-0.25, -0.2) is 0 Å². The van der Waals surface area contributed by atoms with Crippen molar-refractivity contribution in [1.82, 2.24) is 9.80 Å². The lowest BCUT2D eigenvalue weighted by molar-refractivity contribution is 0.168. The second-order valence-corrected chi connectivity index (χ2v) is 5.97.